The van der Waals surface area contributed by atoms with Gasteiger partial charge < -0.3 is 10.6 Å². The van der Waals surface area contributed by atoms with Gasteiger partial charge in [0.25, 0.3) is 0 Å². The van der Waals surface area contributed by atoms with E-state index in [0.717, 1.165) is 38.4 Å². The van der Waals surface area contributed by atoms with Gasteiger partial charge in [0.2, 0.25) is 15.9 Å². The molecule has 1 aromatic carbocycles. The van der Waals surface area contributed by atoms with E-state index in [-0.39, 0.29) is 23.2 Å². The monoisotopic (exact) mass is 405 g/mol. The maximum atomic E-state index is 13.4. The zero-order valence-electron chi connectivity index (χ0n) is 14.5. The Kier molecular flexibility index (Phi) is 7.01. The fourth-order valence-corrected chi connectivity index (χ4v) is 4.83. The Balaban J connectivity index is 0.00000243. The summed E-state index contributed by atoms with van der Waals surface area (Å²) in [5, 5.41) is 6.04. The molecule has 9 heteroatoms. The van der Waals surface area contributed by atoms with E-state index >= 15 is 0 Å². The second kappa shape index (κ2) is 8.65. The van der Waals surface area contributed by atoms with E-state index in [0.29, 0.717) is 25.3 Å². The summed E-state index contributed by atoms with van der Waals surface area (Å²) in [7, 11) is -3.98. The van der Waals surface area contributed by atoms with Crippen LogP contribution in [0.15, 0.2) is 29.2 Å². The molecule has 1 saturated heterocycles. The second-order valence-corrected chi connectivity index (χ2v) is 8.62. The minimum Gasteiger partial charge on any atom is -0.354 e. The van der Waals surface area contributed by atoms with Crippen molar-refractivity contribution in [3.05, 3.63) is 30.1 Å². The number of halogens is 2. The normalized spacial score (nSPS) is 19.9. The van der Waals surface area contributed by atoms with Crippen LogP contribution in [0.2, 0.25) is 0 Å². The predicted molar refractivity (Wildman–Crippen MR) is 99.2 cm³/mol. The maximum Gasteiger partial charge on any atom is 0.241 e. The van der Waals surface area contributed by atoms with Gasteiger partial charge in [0.1, 0.15) is 11.4 Å². The quantitative estimate of drug-likeness (QED) is 0.670. The van der Waals surface area contributed by atoms with E-state index in [1.165, 1.54) is 18.2 Å². The van der Waals surface area contributed by atoms with Crippen LogP contribution in [0.25, 0.3) is 0 Å². The van der Waals surface area contributed by atoms with Crippen LogP contribution < -0.4 is 15.4 Å². The Morgan fingerprint density at radius 3 is 2.50 bits per heavy atom. The molecule has 146 valence electrons. The van der Waals surface area contributed by atoms with Gasteiger partial charge in [-0.3, -0.25) is 4.79 Å². The molecule has 26 heavy (non-hydrogen) atoms. The van der Waals surface area contributed by atoms with Crippen LogP contribution in [0.3, 0.4) is 0 Å². The topological polar surface area (TPSA) is 87.3 Å². The summed E-state index contributed by atoms with van der Waals surface area (Å²) >= 11 is 0. The molecule has 0 unspecified atom stereocenters. The third-order valence-corrected chi connectivity index (χ3v) is 6.53. The minimum atomic E-state index is -3.98. The molecule has 2 aliphatic rings. The highest BCUT2D eigenvalue weighted by molar-refractivity contribution is 7.89. The van der Waals surface area contributed by atoms with Crippen molar-refractivity contribution < 1.29 is 17.6 Å². The van der Waals surface area contributed by atoms with Crippen molar-refractivity contribution in [2.75, 3.05) is 19.6 Å². The number of carbonyl (C=O) groups excluding carboxylic acids is 1. The van der Waals surface area contributed by atoms with Gasteiger partial charge in [-0.15, -0.1) is 12.4 Å². The highest BCUT2D eigenvalue weighted by Gasteiger charge is 2.43. The molecule has 3 N–H and O–H groups in total. The Morgan fingerprint density at radius 1 is 1.23 bits per heavy atom. The summed E-state index contributed by atoms with van der Waals surface area (Å²) in [5.74, 6) is -0.508. The molecule has 3 rings (SSSR count). The van der Waals surface area contributed by atoms with Crippen molar-refractivity contribution in [2.24, 2.45) is 5.92 Å². The summed E-state index contributed by atoms with van der Waals surface area (Å²) in [5.41, 5.74) is -1.15. The zero-order valence-corrected chi connectivity index (χ0v) is 16.1. The molecule has 0 bridgehead atoms. The fourth-order valence-electron chi connectivity index (χ4n) is 3.38. The highest BCUT2D eigenvalue weighted by Crippen LogP contribution is 2.30. The van der Waals surface area contributed by atoms with E-state index in [4.69, 9.17) is 0 Å². The zero-order chi connectivity index (χ0) is 17.9. The lowest BCUT2D eigenvalue weighted by atomic mass is 9.81. The SMILES string of the molecule is Cl.O=C(NCC1CNC1)C1(NS(=O)(=O)c2cccc(F)c2)CCCCC1. The molecule has 1 aliphatic carbocycles. The molecular weight excluding hydrogens is 381 g/mol. The third-order valence-electron chi connectivity index (χ3n) is 5.00. The van der Waals surface area contributed by atoms with Crippen molar-refractivity contribution in [1.29, 1.82) is 0 Å². The van der Waals surface area contributed by atoms with Crippen LogP contribution >= 0.6 is 12.4 Å². The molecule has 0 spiro atoms. The molecule has 1 saturated carbocycles. The second-order valence-electron chi connectivity index (χ2n) is 6.94. The number of benzene rings is 1. The highest BCUT2D eigenvalue weighted by atomic mass is 35.5. The molecule has 0 radical (unpaired) electrons. The Labute approximate surface area is 159 Å². The maximum absolute atomic E-state index is 13.4. The average Bonchev–Trinajstić information content (AvgIpc) is 2.53. The van der Waals surface area contributed by atoms with Gasteiger partial charge in [0, 0.05) is 25.6 Å². The first-order valence-electron chi connectivity index (χ1n) is 8.70. The largest absolute Gasteiger partial charge is 0.354 e. The number of carbonyl (C=O) groups is 1. The fraction of sp³-hybridized carbons (Fsp3) is 0.588. The standard InChI is InChI=1S/C17H24FN3O3S.ClH/c18-14-5-4-6-15(9-14)25(23,24)21-17(7-2-1-3-8-17)16(22)20-12-13-10-19-11-13;/h4-6,9,13,19,21H,1-3,7-8,10-12H2,(H,20,22);1H. The number of rotatable bonds is 6. The predicted octanol–water partition coefficient (Wildman–Crippen LogP) is 1.56. The van der Waals surface area contributed by atoms with E-state index < -0.39 is 21.4 Å². The van der Waals surface area contributed by atoms with Crippen molar-refractivity contribution in [3.8, 4) is 0 Å². The van der Waals surface area contributed by atoms with E-state index in [1.807, 2.05) is 0 Å². The lowest BCUT2D eigenvalue weighted by Gasteiger charge is -2.37. The molecule has 0 aromatic heterocycles. The number of nitrogens with one attached hydrogen (secondary N) is 3. The summed E-state index contributed by atoms with van der Waals surface area (Å²) < 4.78 is 41.4. The first kappa shape index (κ1) is 21.1. The van der Waals surface area contributed by atoms with Crippen LogP contribution in [-0.2, 0) is 14.8 Å². The van der Waals surface area contributed by atoms with Crippen molar-refractivity contribution in [3.63, 3.8) is 0 Å². The molecule has 1 aliphatic heterocycles. The summed E-state index contributed by atoms with van der Waals surface area (Å²) in [4.78, 5) is 12.6. The number of amides is 1. The number of sulfonamides is 1. The third kappa shape index (κ3) is 4.73. The van der Waals surface area contributed by atoms with Crippen LogP contribution in [0.1, 0.15) is 32.1 Å². The summed E-state index contributed by atoms with van der Waals surface area (Å²) in [6, 6.07) is 4.84. The van der Waals surface area contributed by atoms with Crippen LogP contribution in [0, 0.1) is 11.7 Å². The molecule has 0 atom stereocenters. The lowest BCUT2D eigenvalue weighted by molar-refractivity contribution is -0.128. The van der Waals surface area contributed by atoms with Gasteiger partial charge in [0.05, 0.1) is 4.90 Å². The molecule has 6 nitrogen and oxygen atoms in total. The first-order valence-corrected chi connectivity index (χ1v) is 10.2. The first-order chi connectivity index (χ1) is 11.9. The van der Waals surface area contributed by atoms with Crippen molar-refractivity contribution in [2.45, 2.75) is 42.5 Å². The molecule has 1 amide bonds. The van der Waals surface area contributed by atoms with Crippen LogP contribution in [0.5, 0.6) is 0 Å². The van der Waals surface area contributed by atoms with Gasteiger partial charge >= 0.3 is 0 Å². The molecule has 1 heterocycles. The van der Waals surface area contributed by atoms with Gasteiger partial charge in [-0.1, -0.05) is 25.3 Å². The van der Waals surface area contributed by atoms with Gasteiger partial charge in [-0.05, 0) is 31.0 Å². The smallest absolute Gasteiger partial charge is 0.241 e. The number of hydrogen-bond acceptors (Lipinski definition) is 4. The van der Waals surface area contributed by atoms with Crippen LogP contribution in [-0.4, -0.2) is 39.5 Å². The minimum absolute atomic E-state index is 0. The van der Waals surface area contributed by atoms with E-state index in [1.54, 1.807) is 0 Å². The van der Waals surface area contributed by atoms with Crippen molar-refractivity contribution in [1.82, 2.24) is 15.4 Å². The van der Waals surface area contributed by atoms with Gasteiger partial charge in [0.15, 0.2) is 0 Å². The summed E-state index contributed by atoms with van der Waals surface area (Å²) in [6.45, 7) is 2.26. The van der Waals surface area contributed by atoms with E-state index in [9.17, 15) is 17.6 Å². The molecule has 2 fully saturated rings. The lowest BCUT2D eigenvalue weighted by Crippen LogP contribution is -2.61. The molecule has 1 aromatic rings. The Morgan fingerprint density at radius 2 is 1.92 bits per heavy atom. The van der Waals surface area contributed by atoms with Crippen LogP contribution in [0.4, 0.5) is 4.39 Å². The Bertz CT molecular complexity index is 735. The van der Waals surface area contributed by atoms with Gasteiger partial charge in [-0.25, -0.2) is 12.8 Å². The van der Waals surface area contributed by atoms with Gasteiger partial charge in [-0.2, -0.15) is 4.72 Å². The summed E-state index contributed by atoms with van der Waals surface area (Å²) in [6.07, 6.45) is 3.45. The Hall–Kier alpha value is -1.22. The number of hydrogen-bond donors (Lipinski definition) is 3. The molecular formula is C17H25ClFN3O3S. The van der Waals surface area contributed by atoms with E-state index in [2.05, 4.69) is 15.4 Å². The average molecular weight is 406 g/mol. The van der Waals surface area contributed by atoms with Crippen molar-refractivity contribution >= 4 is 28.3 Å².